The zero-order chi connectivity index (χ0) is 19.6. The third-order valence-corrected chi connectivity index (χ3v) is 4.19. The van der Waals surface area contributed by atoms with Crippen molar-refractivity contribution < 1.29 is 9.59 Å². The number of fused-ring (bicyclic) bond motifs is 1. The van der Waals surface area contributed by atoms with E-state index in [1.54, 1.807) is 31.2 Å². The molecule has 0 bridgehead atoms. The number of anilines is 2. The first-order valence-electron chi connectivity index (χ1n) is 8.49. The molecule has 3 aromatic rings. The van der Waals surface area contributed by atoms with Crippen LogP contribution in [0.3, 0.4) is 0 Å². The number of nitrogens with zero attached hydrogens (tertiary/aromatic N) is 2. The Morgan fingerprint density at radius 1 is 1.07 bits per heavy atom. The molecule has 7 heteroatoms. The summed E-state index contributed by atoms with van der Waals surface area (Å²) in [7, 11) is 0. The fraction of sp³-hybridized carbons (Fsp3) is 0.200. The van der Waals surface area contributed by atoms with Gasteiger partial charge in [-0.25, -0.2) is 4.98 Å². The highest BCUT2D eigenvalue weighted by Crippen LogP contribution is 2.16. The molecule has 2 N–H and O–H groups in total. The quantitative estimate of drug-likeness (QED) is 0.744. The summed E-state index contributed by atoms with van der Waals surface area (Å²) in [5.41, 5.74) is 2.34. The van der Waals surface area contributed by atoms with Gasteiger partial charge in [0, 0.05) is 18.3 Å². The molecular formula is C20H20N4O3. The molecule has 1 aromatic heterocycles. The molecular weight excluding hydrogens is 344 g/mol. The van der Waals surface area contributed by atoms with E-state index in [9.17, 15) is 14.4 Å². The maximum Gasteiger partial charge on any atom is 0.261 e. The summed E-state index contributed by atoms with van der Waals surface area (Å²) in [6.07, 6.45) is 0. The Labute approximate surface area is 156 Å². The molecule has 0 fully saturated rings. The number of para-hydroxylation sites is 1. The first-order chi connectivity index (χ1) is 12.8. The molecule has 1 heterocycles. The van der Waals surface area contributed by atoms with Gasteiger partial charge in [0.2, 0.25) is 11.8 Å². The maximum absolute atomic E-state index is 12.9. The van der Waals surface area contributed by atoms with Crippen LogP contribution in [0.15, 0.2) is 47.3 Å². The van der Waals surface area contributed by atoms with E-state index in [4.69, 9.17) is 0 Å². The lowest BCUT2D eigenvalue weighted by molar-refractivity contribution is -0.117. The van der Waals surface area contributed by atoms with Crippen molar-refractivity contribution in [1.29, 1.82) is 0 Å². The lowest BCUT2D eigenvalue weighted by atomic mass is 10.2. The van der Waals surface area contributed by atoms with Gasteiger partial charge in [-0.15, -0.1) is 0 Å². The number of nitrogens with one attached hydrogen (secondary N) is 2. The van der Waals surface area contributed by atoms with Crippen LogP contribution in [0, 0.1) is 13.8 Å². The molecule has 0 radical (unpaired) electrons. The molecule has 0 unspecified atom stereocenters. The molecule has 7 nitrogen and oxygen atoms in total. The van der Waals surface area contributed by atoms with Crippen LogP contribution in [-0.2, 0) is 16.1 Å². The number of amides is 2. The molecule has 0 saturated heterocycles. The largest absolute Gasteiger partial charge is 0.326 e. The van der Waals surface area contributed by atoms with E-state index >= 15 is 0 Å². The van der Waals surface area contributed by atoms with E-state index in [1.807, 2.05) is 25.1 Å². The van der Waals surface area contributed by atoms with Crippen LogP contribution in [0.4, 0.5) is 11.4 Å². The van der Waals surface area contributed by atoms with E-state index in [2.05, 4.69) is 15.6 Å². The molecule has 0 spiro atoms. The van der Waals surface area contributed by atoms with Crippen molar-refractivity contribution in [3.8, 4) is 0 Å². The van der Waals surface area contributed by atoms with E-state index in [1.165, 1.54) is 11.5 Å². The minimum atomic E-state index is -0.329. The van der Waals surface area contributed by atoms with Crippen molar-refractivity contribution in [3.05, 3.63) is 64.2 Å². The summed E-state index contributed by atoms with van der Waals surface area (Å²) in [5.74, 6) is -0.0965. The van der Waals surface area contributed by atoms with Gasteiger partial charge in [-0.05, 0) is 43.7 Å². The topological polar surface area (TPSA) is 93.1 Å². The lowest BCUT2D eigenvalue weighted by Gasteiger charge is -2.13. The van der Waals surface area contributed by atoms with Gasteiger partial charge in [0.1, 0.15) is 12.4 Å². The minimum Gasteiger partial charge on any atom is -0.326 e. The Kier molecular flexibility index (Phi) is 5.03. The maximum atomic E-state index is 12.9. The average Bonchev–Trinajstić information content (AvgIpc) is 2.61. The molecule has 138 valence electrons. The Morgan fingerprint density at radius 3 is 2.52 bits per heavy atom. The summed E-state index contributed by atoms with van der Waals surface area (Å²) >= 11 is 0. The molecule has 2 amide bonds. The van der Waals surface area contributed by atoms with E-state index < -0.39 is 0 Å². The number of benzene rings is 2. The normalized spacial score (nSPS) is 10.6. The average molecular weight is 364 g/mol. The van der Waals surface area contributed by atoms with Crippen LogP contribution in [0.5, 0.6) is 0 Å². The van der Waals surface area contributed by atoms with Crippen molar-refractivity contribution in [2.24, 2.45) is 0 Å². The Balaban J connectivity index is 1.93. The third-order valence-electron chi connectivity index (χ3n) is 4.19. The molecule has 0 atom stereocenters. The van der Waals surface area contributed by atoms with Crippen molar-refractivity contribution >= 4 is 34.1 Å². The molecule has 27 heavy (non-hydrogen) atoms. The van der Waals surface area contributed by atoms with Gasteiger partial charge in [0.15, 0.2) is 0 Å². The van der Waals surface area contributed by atoms with E-state index in [0.29, 0.717) is 28.1 Å². The van der Waals surface area contributed by atoms with Gasteiger partial charge in [-0.1, -0.05) is 18.2 Å². The number of carbonyl (C=O) groups excluding carboxylic acids is 2. The van der Waals surface area contributed by atoms with Gasteiger partial charge >= 0.3 is 0 Å². The molecule has 2 aromatic carbocycles. The van der Waals surface area contributed by atoms with Crippen LogP contribution < -0.4 is 16.2 Å². The van der Waals surface area contributed by atoms with Crippen molar-refractivity contribution in [1.82, 2.24) is 9.55 Å². The van der Waals surface area contributed by atoms with Crippen LogP contribution >= 0.6 is 0 Å². The number of carbonyl (C=O) groups is 2. The molecule has 0 aliphatic rings. The fourth-order valence-electron chi connectivity index (χ4n) is 2.85. The summed E-state index contributed by atoms with van der Waals surface area (Å²) < 4.78 is 1.33. The third kappa shape index (κ3) is 4.03. The van der Waals surface area contributed by atoms with Gasteiger partial charge in [0.05, 0.1) is 10.9 Å². The van der Waals surface area contributed by atoms with Gasteiger partial charge < -0.3 is 10.6 Å². The highest BCUT2D eigenvalue weighted by molar-refractivity contribution is 5.93. The fourth-order valence-corrected chi connectivity index (χ4v) is 2.85. The predicted octanol–water partition coefficient (Wildman–Crippen LogP) is 2.61. The highest BCUT2D eigenvalue weighted by Gasteiger charge is 2.13. The number of hydrogen-bond donors (Lipinski definition) is 2. The highest BCUT2D eigenvalue weighted by atomic mass is 16.2. The standard InChI is InChI=1S/C20H20N4O3/c1-12-6-4-5-7-17(12)23-19(26)11-24-13(2)21-18-9-8-15(22-14(3)25)10-16(18)20(24)27/h4-10H,11H2,1-3H3,(H,22,25)(H,23,26). The summed E-state index contributed by atoms with van der Waals surface area (Å²) in [6, 6.07) is 12.4. The van der Waals surface area contributed by atoms with Gasteiger partial charge in [0.25, 0.3) is 5.56 Å². The van der Waals surface area contributed by atoms with Gasteiger partial charge in [-0.3, -0.25) is 19.0 Å². The number of aromatic nitrogens is 2. The molecule has 0 aliphatic carbocycles. The smallest absolute Gasteiger partial charge is 0.261 e. The molecule has 0 aliphatic heterocycles. The number of aryl methyl sites for hydroxylation is 2. The molecule has 3 rings (SSSR count). The van der Waals surface area contributed by atoms with Crippen LogP contribution in [0.2, 0.25) is 0 Å². The zero-order valence-corrected chi connectivity index (χ0v) is 15.4. The lowest BCUT2D eigenvalue weighted by Crippen LogP contribution is -2.30. The number of rotatable bonds is 4. The summed E-state index contributed by atoms with van der Waals surface area (Å²) in [4.78, 5) is 40.9. The van der Waals surface area contributed by atoms with Crippen molar-refractivity contribution in [3.63, 3.8) is 0 Å². The first-order valence-corrected chi connectivity index (χ1v) is 8.49. The second-order valence-corrected chi connectivity index (χ2v) is 6.33. The first kappa shape index (κ1) is 18.3. The van der Waals surface area contributed by atoms with Crippen LogP contribution in [-0.4, -0.2) is 21.4 Å². The van der Waals surface area contributed by atoms with Crippen molar-refractivity contribution in [2.75, 3.05) is 10.6 Å². The summed E-state index contributed by atoms with van der Waals surface area (Å²) in [6.45, 7) is 4.83. The van der Waals surface area contributed by atoms with Crippen LogP contribution in [0.1, 0.15) is 18.3 Å². The minimum absolute atomic E-state index is 0.147. The monoisotopic (exact) mass is 364 g/mol. The SMILES string of the molecule is CC(=O)Nc1ccc2nc(C)n(CC(=O)Nc3ccccc3C)c(=O)c2c1. The summed E-state index contributed by atoms with van der Waals surface area (Å²) in [5, 5.41) is 5.80. The van der Waals surface area contributed by atoms with Gasteiger partial charge in [-0.2, -0.15) is 0 Å². The second kappa shape index (κ2) is 7.41. The van der Waals surface area contributed by atoms with E-state index in [-0.39, 0.29) is 23.9 Å². The Morgan fingerprint density at radius 2 is 1.81 bits per heavy atom. The Bertz CT molecular complexity index is 1100. The molecule has 0 saturated carbocycles. The Hall–Kier alpha value is -3.48. The second-order valence-electron chi connectivity index (χ2n) is 6.33. The predicted molar refractivity (Wildman–Crippen MR) is 105 cm³/mol. The van der Waals surface area contributed by atoms with Crippen molar-refractivity contribution in [2.45, 2.75) is 27.3 Å². The van der Waals surface area contributed by atoms with Crippen LogP contribution in [0.25, 0.3) is 10.9 Å². The van der Waals surface area contributed by atoms with E-state index in [0.717, 1.165) is 5.56 Å². The zero-order valence-electron chi connectivity index (χ0n) is 15.4. The number of hydrogen-bond acceptors (Lipinski definition) is 4.